The number of nitrogens with zero attached hydrogens (tertiary/aromatic N) is 1. The molecule has 0 atom stereocenters. The molecule has 0 bridgehead atoms. The van der Waals surface area contributed by atoms with Crippen LogP contribution in [0.2, 0.25) is 0 Å². The lowest BCUT2D eigenvalue weighted by atomic mass is 10.2. The number of rotatable bonds is 4. The van der Waals surface area contributed by atoms with Crippen molar-refractivity contribution >= 4 is 0 Å². The first-order chi connectivity index (χ1) is 8.69. The van der Waals surface area contributed by atoms with E-state index in [2.05, 4.69) is 4.98 Å². The quantitative estimate of drug-likeness (QED) is 0.902. The molecule has 3 nitrogen and oxygen atoms in total. The number of hydrogen-bond acceptors (Lipinski definition) is 3. The number of nitrogens with two attached hydrogens (primary N) is 1. The van der Waals surface area contributed by atoms with Crippen molar-refractivity contribution in [1.29, 1.82) is 0 Å². The van der Waals surface area contributed by atoms with Crippen LogP contribution < -0.4 is 10.5 Å². The summed E-state index contributed by atoms with van der Waals surface area (Å²) in [5.74, 6) is 0.409. The van der Waals surface area contributed by atoms with Crippen molar-refractivity contribution in [1.82, 2.24) is 4.98 Å². The standard InChI is InChI=1S/C14H15FN2O/c1-10-6-12(15)3-5-14(10)18-9-13-4-2-11(7-16)8-17-13/h2-6,8H,7,9,16H2,1H3. The third-order valence-corrected chi connectivity index (χ3v) is 2.63. The van der Waals surface area contributed by atoms with Gasteiger partial charge in [-0.15, -0.1) is 0 Å². The molecule has 1 heterocycles. The van der Waals surface area contributed by atoms with Crippen LogP contribution in [0.3, 0.4) is 0 Å². The molecule has 0 fully saturated rings. The van der Waals surface area contributed by atoms with E-state index in [-0.39, 0.29) is 5.82 Å². The molecule has 0 aliphatic rings. The van der Waals surface area contributed by atoms with Gasteiger partial charge < -0.3 is 10.5 Å². The van der Waals surface area contributed by atoms with E-state index in [4.69, 9.17) is 10.5 Å². The van der Waals surface area contributed by atoms with Crippen LogP contribution in [0.1, 0.15) is 16.8 Å². The number of halogens is 1. The predicted molar refractivity (Wildman–Crippen MR) is 67.6 cm³/mol. The molecule has 2 rings (SSSR count). The number of ether oxygens (including phenoxy) is 1. The Morgan fingerprint density at radius 2 is 2.11 bits per heavy atom. The Morgan fingerprint density at radius 1 is 1.28 bits per heavy atom. The van der Waals surface area contributed by atoms with E-state index in [1.807, 2.05) is 19.1 Å². The minimum Gasteiger partial charge on any atom is -0.487 e. The molecule has 18 heavy (non-hydrogen) atoms. The largest absolute Gasteiger partial charge is 0.487 e. The second-order valence-corrected chi connectivity index (χ2v) is 4.06. The molecule has 94 valence electrons. The zero-order chi connectivity index (χ0) is 13.0. The van der Waals surface area contributed by atoms with Gasteiger partial charge in [-0.1, -0.05) is 6.07 Å². The lowest BCUT2D eigenvalue weighted by Crippen LogP contribution is -2.02. The summed E-state index contributed by atoms with van der Waals surface area (Å²) in [5.41, 5.74) is 8.06. The van der Waals surface area contributed by atoms with E-state index in [1.54, 1.807) is 12.3 Å². The van der Waals surface area contributed by atoms with E-state index in [1.165, 1.54) is 12.1 Å². The van der Waals surface area contributed by atoms with Crippen molar-refractivity contribution in [3.8, 4) is 5.75 Å². The maximum absolute atomic E-state index is 12.9. The maximum Gasteiger partial charge on any atom is 0.130 e. The van der Waals surface area contributed by atoms with Crippen LogP contribution >= 0.6 is 0 Å². The smallest absolute Gasteiger partial charge is 0.130 e. The predicted octanol–water partition coefficient (Wildman–Crippen LogP) is 2.57. The Balaban J connectivity index is 2.02. The van der Waals surface area contributed by atoms with Gasteiger partial charge in [0.15, 0.2) is 0 Å². The van der Waals surface area contributed by atoms with E-state index in [9.17, 15) is 4.39 Å². The van der Waals surface area contributed by atoms with Crippen molar-refractivity contribution < 1.29 is 9.13 Å². The number of aromatic nitrogens is 1. The second-order valence-electron chi connectivity index (χ2n) is 4.06. The molecule has 2 aromatic rings. The van der Waals surface area contributed by atoms with Crippen LogP contribution in [0.25, 0.3) is 0 Å². The fourth-order valence-corrected chi connectivity index (χ4v) is 1.59. The molecule has 0 saturated carbocycles. The van der Waals surface area contributed by atoms with Gasteiger partial charge in [0.1, 0.15) is 18.2 Å². The summed E-state index contributed by atoms with van der Waals surface area (Å²) in [6.07, 6.45) is 1.73. The number of hydrogen-bond donors (Lipinski definition) is 1. The summed E-state index contributed by atoms with van der Waals surface area (Å²) in [6, 6.07) is 8.25. The molecule has 0 saturated heterocycles. The van der Waals surface area contributed by atoms with Crippen LogP contribution in [0.15, 0.2) is 36.5 Å². The zero-order valence-electron chi connectivity index (χ0n) is 10.2. The number of pyridine rings is 1. The van der Waals surface area contributed by atoms with Crippen molar-refractivity contribution in [3.05, 3.63) is 59.2 Å². The average molecular weight is 246 g/mol. The molecule has 1 aromatic heterocycles. The summed E-state index contributed by atoms with van der Waals surface area (Å²) in [6.45, 7) is 2.64. The monoisotopic (exact) mass is 246 g/mol. The Morgan fingerprint density at radius 3 is 2.72 bits per heavy atom. The van der Waals surface area contributed by atoms with Gasteiger partial charge in [0, 0.05) is 12.7 Å². The maximum atomic E-state index is 12.9. The van der Waals surface area contributed by atoms with Crippen LogP contribution in [-0.4, -0.2) is 4.98 Å². The first-order valence-electron chi connectivity index (χ1n) is 5.72. The minimum atomic E-state index is -0.259. The van der Waals surface area contributed by atoms with Crippen molar-refractivity contribution in [3.63, 3.8) is 0 Å². The molecule has 0 unspecified atom stereocenters. The van der Waals surface area contributed by atoms with Gasteiger partial charge in [0.2, 0.25) is 0 Å². The zero-order valence-corrected chi connectivity index (χ0v) is 10.2. The Hall–Kier alpha value is -1.94. The van der Waals surface area contributed by atoms with Crippen LogP contribution in [0, 0.1) is 12.7 Å². The summed E-state index contributed by atoms with van der Waals surface area (Å²) >= 11 is 0. The van der Waals surface area contributed by atoms with Gasteiger partial charge in [-0.05, 0) is 42.3 Å². The van der Waals surface area contributed by atoms with E-state index >= 15 is 0 Å². The van der Waals surface area contributed by atoms with Crippen molar-refractivity contribution in [2.45, 2.75) is 20.1 Å². The van der Waals surface area contributed by atoms with Gasteiger partial charge in [0.25, 0.3) is 0 Å². The van der Waals surface area contributed by atoms with Crippen molar-refractivity contribution in [2.24, 2.45) is 5.73 Å². The first-order valence-corrected chi connectivity index (χ1v) is 5.72. The highest BCUT2D eigenvalue weighted by molar-refractivity contribution is 5.32. The third-order valence-electron chi connectivity index (χ3n) is 2.63. The third kappa shape index (κ3) is 3.05. The Kier molecular flexibility index (Phi) is 3.89. The lowest BCUT2D eigenvalue weighted by molar-refractivity contribution is 0.298. The van der Waals surface area contributed by atoms with Gasteiger partial charge in [-0.25, -0.2) is 4.39 Å². The summed E-state index contributed by atoms with van der Waals surface area (Å²) in [4.78, 5) is 4.23. The average Bonchev–Trinajstić information content (AvgIpc) is 2.38. The molecule has 0 radical (unpaired) electrons. The van der Waals surface area contributed by atoms with Gasteiger partial charge in [0.05, 0.1) is 5.69 Å². The molecule has 2 N–H and O–H groups in total. The highest BCUT2D eigenvalue weighted by Crippen LogP contribution is 2.19. The molecular weight excluding hydrogens is 231 g/mol. The fraction of sp³-hybridized carbons (Fsp3) is 0.214. The molecule has 1 aromatic carbocycles. The molecule has 4 heteroatoms. The van der Waals surface area contributed by atoms with E-state index < -0.39 is 0 Å². The van der Waals surface area contributed by atoms with Crippen LogP contribution in [0.4, 0.5) is 4.39 Å². The molecular formula is C14H15FN2O. The van der Waals surface area contributed by atoms with Crippen LogP contribution in [0.5, 0.6) is 5.75 Å². The first kappa shape index (κ1) is 12.5. The number of benzene rings is 1. The topological polar surface area (TPSA) is 48.1 Å². The Bertz CT molecular complexity index is 526. The Labute approximate surface area is 105 Å². The van der Waals surface area contributed by atoms with Gasteiger partial charge in [-0.3, -0.25) is 4.98 Å². The SMILES string of the molecule is Cc1cc(F)ccc1OCc1ccc(CN)cn1. The molecule has 0 aliphatic carbocycles. The summed E-state index contributed by atoms with van der Waals surface area (Å²) in [5, 5.41) is 0. The van der Waals surface area contributed by atoms with Gasteiger partial charge in [-0.2, -0.15) is 0 Å². The normalized spacial score (nSPS) is 10.4. The minimum absolute atomic E-state index is 0.259. The molecule has 0 aliphatic heterocycles. The van der Waals surface area contributed by atoms with Gasteiger partial charge >= 0.3 is 0 Å². The number of aryl methyl sites for hydroxylation is 1. The fourth-order valence-electron chi connectivity index (χ4n) is 1.59. The van der Waals surface area contributed by atoms with E-state index in [0.29, 0.717) is 18.9 Å². The molecule has 0 amide bonds. The lowest BCUT2D eigenvalue weighted by Gasteiger charge is -2.08. The van der Waals surface area contributed by atoms with Crippen molar-refractivity contribution in [2.75, 3.05) is 0 Å². The summed E-state index contributed by atoms with van der Waals surface area (Å²) in [7, 11) is 0. The highest BCUT2D eigenvalue weighted by Gasteiger charge is 2.02. The molecule has 0 spiro atoms. The highest BCUT2D eigenvalue weighted by atomic mass is 19.1. The summed E-state index contributed by atoms with van der Waals surface area (Å²) < 4.78 is 18.5. The van der Waals surface area contributed by atoms with Crippen LogP contribution in [-0.2, 0) is 13.2 Å². The van der Waals surface area contributed by atoms with E-state index in [0.717, 1.165) is 16.8 Å². The second kappa shape index (κ2) is 5.60.